The van der Waals surface area contributed by atoms with E-state index in [-0.39, 0.29) is 0 Å². The summed E-state index contributed by atoms with van der Waals surface area (Å²) in [4.78, 5) is 0. The highest BCUT2D eigenvalue weighted by molar-refractivity contribution is 5.30. The molecular weight excluding hydrogens is 230 g/mol. The zero-order chi connectivity index (χ0) is 14.4. The Balaban J connectivity index is 2.66. The van der Waals surface area contributed by atoms with Gasteiger partial charge in [0.2, 0.25) is 0 Å². The lowest BCUT2D eigenvalue weighted by Crippen LogP contribution is -2.30. The molecule has 1 nitrogen and oxygen atoms in total. The van der Waals surface area contributed by atoms with Crippen molar-refractivity contribution in [2.24, 2.45) is 11.8 Å². The predicted octanol–water partition coefficient (Wildman–Crippen LogP) is 4.51. The number of hydrogen-bond acceptors (Lipinski definition) is 1. The quantitative estimate of drug-likeness (QED) is 0.761. The van der Waals surface area contributed by atoms with Gasteiger partial charge in [-0.2, -0.15) is 0 Å². The Hall–Kier alpha value is -0.820. The normalized spacial score (nSPS) is 13.3. The first-order chi connectivity index (χ1) is 8.88. The van der Waals surface area contributed by atoms with Crippen molar-refractivity contribution in [3.63, 3.8) is 0 Å². The topological polar surface area (TPSA) is 12.0 Å². The van der Waals surface area contributed by atoms with Crippen LogP contribution in [-0.4, -0.2) is 12.6 Å². The molecule has 1 unspecified atom stereocenters. The van der Waals surface area contributed by atoms with Crippen LogP contribution in [0.15, 0.2) is 18.2 Å². The minimum atomic E-state index is 0.578. The lowest BCUT2D eigenvalue weighted by Gasteiger charge is -2.21. The number of rotatable bonds is 7. The van der Waals surface area contributed by atoms with Crippen LogP contribution in [0, 0.1) is 25.7 Å². The Morgan fingerprint density at radius 2 is 1.68 bits per heavy atom. The maximum atomic E-state index is 3.60. The fraction of sp³-hybridized carbons (Fsp3) is 0.667. The first kappa shape index (κ1) is 16.2. The summed E-state index contributed by atoms with van der Waals surface area (Å²) in [6.45, 7) is 14.6. The standard InChI is InChI=1S/C18H31N/c1-13(2)9-18(12-19-14(3)4)11-17-8-7-15(5)16(6)10-17/h7-8,10,13-14,18-19H,9,11-12H2,1-6H3. The van der Waals surface area contributed by atoms with Crippen LogP contribution in [0.4, 0.5) is 0 Å². The molecule has 0 aliphatic rings. The van der Waals surface area contributed by atoms with Crippen LogP contribution >= 0.6 is 0 Å². The summed E-state index contributed by atoms with van der Waals surface area (Å²) >= 11 is 0. The van der Waals surface area contributed by atoms with Gasteiger partial charge in [0, 0.05) is 6.04 Å². The van der Waals surface area contributed by atoms with Crippen molar-refractivity contribution in [1.29, 1.82) is 0 Å². The molecular formula is C18H31N. The summed E-state index contributed by atoms with van der Waals surface area (Å²) in [5.74, 6) is 1.51. The van der Waals surface area contributed by atoms with Gasteiger partial charge in [-0.3, -0.25) is 0 Å². The molecule has 19 heavy (non-hydrogen) atoms. The summed E-state index contributed by atoms with van der Waals surface area (Å²) in [5, 5.41) is 3.60. The van der Waals surface area contributed by atoms with Gasteiger partial charge < -0.3 is 5.32 Å². The highest BCUT2D eigenvalue weighted by atomic mass is 14.9. The van der Waals surface area contributed by atoms with Crippen LogP contribution < -0.4 is 5.32 Å². The van der Waals surface area contributed by atoms with E-state index in [1.54, 1.807) is 0 Å². The Kier molecular flexibility index (Phi) is 6.57. The van der Waals surface area contributed by atoms with Gasteiger partial charge in [0.25, 0.3) is 0 Å². The molecule has 0 amide bonds. The van der Waals surface area contributed by atoms with Gasteiger partial charge in [0.05, 0.1) is 0 Å². The lowest BCUT2D eigenvalue weighted by atomic mass is 9.90. The molecule has 0 radical (unpaired) electrons. The highest BCUT2D eigenvalue weighted by Crippen LogP contribution is 2.19. The fourth-order valence-electron chi connectivity index (χ4n) is 2.57. The zero-order valence-corrected chi connectivity index (χ0v) is 13.6. The van der Waals surface area contributed by atoms with Crippen LogP contribution in [0.25, 0.3) is 0 Å². The third-order valence-corrected chi connectivity index (χ3v) is 3.72. The van der Waals surface area contributed by atoms with E-state index in [0.717, 1.165) is 18.4 Å². The average Bonchev–Trinajstić information content (AvgIpc) is 2.30. The minimum Gasteiger partial charge on any atom is -0.314 e. The second-order valence-electron chi connectivity index (χ2n) is 6.68. The molecule has 0 fully saturated rings. The summed E-state index contributed by atoms with van der Waals surface area (Å²) in [5.41, 5.74) is 4.29. The molecule has 0 aromatic heterocycles. The van der Waals surface area contributed by atoms with E-state index in [1.165, 1.54) is 29.5 Å². The molecule has 0 heterocycles. The van der Waals surface area contributed by atoms with E-state index in [9.17, 15) is 0 Å². The molecule has 0 spiro atoms. The molecule has 108 valence electrons. The SMILES string of the molecule is Cc1ccc(CC(CNC(C)C)CC(C)C)cc1C. The first-order valence-electron chi connectivity index (χ1n) is 7.68. The first-order valence-corrected chi connectivity index (χ1v) is 7.68. The predicted molar refractivity (Wildman–Crippen MR) is 85.7 cm³/mol. The summed E-state index contributed by atoms with van der Waals surface area (Å²) < 4.78 is 0. The number of benzene rings is 1. The monoisotopic (exact) mass is 261 g/mol. The van der Waals surface area contributed by atoms with Gasteiger partial charge in [-0.25, -0.2) is 0 Å². The van der Waals surface area contributed by atoms with Crippen LogP contribution in [0.2, 0.25) is 0 Å². The maximum Gasteiger partial charge on any atom is 0.00104 e. The van der Waals surface area contributed by atoms with E-state index in [1.807, 2.05) is 0 Å². The largest absolute Gasteiger partial charge is 0.314 e. The minimum absolute atomic E-state index is 0.578. The van der Waals surface area contributed by atoms with E-state index < -0.39 is 0 Å². The highest BCUT2D eigenvalue weighted by Gasteiger charge is 2.12. The fourth-order valence-corrected chi connectivity index (χ4v) is 2.57. The number of nitrogens with one attached hydrogen (secondary N) is 1. The Labute approximate surface area is 119 Å². The Bertz CT molecular complexity index is 379. The Morgan fingerprint density at radius 3 is 2.21 bits per heavy atom. The van der Waals surface area contributed by atoms with Crippen molar-refractivity contribution in [3.05, 3.63) is 34.9 Å². The van der Waals surface area contributed by atoms with Crippen LogP contribution in [-0.2, 0) is 6.42 Å². The van der Waals surface area contributed by atoms with Crippen molar-refractivity contribution < 1.29 is 0 Å². The molecule has 0 aliphatic heterocycles. The molecule has 1 heteroatoms. The molecule has 0 aliphatic carbocycles. The van der Waals surface area contributed by atoms with Crippen molar-refractivity contribution in [2.45, 2.75) is 60.4 Å². The summed E-state index contributed by atoms with van der Waals surface area (Å²) in [6.07, 6.45) is 2.49. The molecule has 0 bridgehead atoms. The number of hydrogen-bond donors (Lipinski definition) is 1. The van der Waals surface area contributed by atoms with Crippen molar-refractivity contribution >= 4 is 0 Å². The van der Waals surface area contributed by atoms with E-state index >= 15 is 0 Å². The molecule has 1 rings (SSSR count). The second kappa shape index (κ2) is 7.69. The molecule has 1 aromatic rings. The molecule has 0 saturated carbocycles. The van der Waals surface area contributed by atoms with E-state index in [4.69, 9.17) is 0 Å². The van der Waals surface area contributed by atoms with Crippen molar-refractivity contribution in [2.75, 3.05) is 6.54 Å². The van der Waals surface area contributed by atoms with Gasteiger partial charge in [-0.05, 0) is 61.8 Å². The molecule has 1 atom stereocenters. The number of aryl methyl sites for hydroxylation is 2. The smallest absolute Gasteiger partial charge is 0.00104 e. The average molecular weight is 261 g/mol. The van der Waals surface area contributed by atoms with Crippen LogP contribution in [0.5, 0.6) is 0 Å². The molecule has 0 saturated heterocycles. The van der Waals surface area contributed by atoms with Gasteiger partial charge in [-0.15, -0.1) is 0 Å². The third kappa shape index (κ3) is 6.24. The molecule has 1 N–H and O–H groups in total. The lowest BCUT2D eigenvalue weighted by molar-refractivity contribution is 0.373. The summed E-state index contributed by atoms with van der Waals surface area (Å²) in [7, 11) is 0. The zero-order valence-electron chi connectivity index (χ0n) is 13.6. The van der Waals surface area contributed by atoms with Gasteiger partial charge in [0.1, 0.15) is 0 Å². The maximum absolute atomic E-state index is 3.60. The van der Waals surface area contributed by atoms with E-state index in [0.29, 0.717) is 6.04 Å². The van der Waals surface area contributed by atoms with Crippen LogP contribution in [0.1, 0.15) is 50.8 Å². The van der Waals surface area contributed by atoms with E-state index in [2.05, 4.69) is 65.1 Å². The Morgan fingerprint density at radius 1 is 1.00 bits per heavy atom. The van der Waals surface area contributed by atoms with Crippen molar-refractivity contribution in [3.8, 4) is 0 Å². The molecule has 1 aromatic carbocycles. The second-order valence-corrected chi connectivity index (χ2v) is 6.68. The van der Waals surface area contributed by atoms with Crippen LogP contribution in [0.3, 0.4) is 0 Å². The summed E-state index contributed by atoms with van der Waals surface area (Å²) in [6, 6.07) is 7.49. The third-order valence-electron chi connectivity index (χ3n) is 3.72. The van der Waals surface area contributed by atoms with Gasteiger partial charge in [0.15, 0.2) is 0 Å². The van der Waals surface area contributed by atoms with Gasteiger partial charge in [-0.1, -0.05) is 45.9 Å². The van der Waals surface area contributed by atoms with Gasteiger partial charge >= 0.3 is 0 Å². The van der Waals surface area contributed by atoms with Crippen molar-refractivity contribution in [1.82, 2.24) is 5.32 Å².